The van der Waals surface area contributed by atoms with Gasteiger partial charge in [-0.3, -0.25) is 0 Å². The molecule has 0 spiro atoms. The number of hydrogen-bond acceptors (Lipinski definition) is 3. The number of phenolic OH excluding ortho intramolecular Hbond substituents is 1. The lowest BCUT2D eigenvalue weighted by Gasteiger charge is -2.36. The van der Waals surface area contributed by atoms with Crippen LogP contribution < -0.4 is 4.74 Å². The Bertz CT molecular complexity index is 1140. The summed E-state index contributed by atoms with van der Waals surface area (Å²) in [6, 6.07) is 31.0. The van der Waals surface area contributed by atoms with Gasteiger partial charge in [0.1, 0.15) is 17.1 Å². The van der Waals surface area contributed by atoms with Gasteiger partial charge in [-0.2, -0.15) is 0 Å². The number of aromatic hydroxyl groups is 1. The third kappa shape index (κ3) is 4.33. The Morgan fingerprint density at radius 3 is 1.78 bits per heavy atom. The van der Waals surface area contributed by atoms with Crippen molar-refractivity contribution < 1.29 is 14.6 Å². The molecule has 0 saturated carbocycles. The van der Waals surface area contributed by atoms with E-state index in [2.05, 4.69) is 0 Å². The number of phenols is 1. The molecule has 0 atom stereocenters. The molecule has 0 saturated heterocycles. The summed E-state index contributed by atoms with van der Waals surface area (Å²) in [5.41, 5.74) is 2.65. The van der Waals surface area contributed by atoms with Crippen molar-refractivity contribution in [1.29, 1.82) is 0 Å². The van der Waals surface area contributed by atoms with Gasteiger partial charge >= 0.3 is 0 Å². The van der Waals surface area contributed by atoms with Crippen LogP contribution in [0.2, 0.25) is 10.0 Å². The molecule has 4 rings (SSSR count). The molecule has 0 unspecified atom stereocenters. The summed E-state index contributed by atoms with van der Waals surface area (Å²) in [5.74, 6) is 0.699. The standard InChI is InChI=1S/C27H22Cl2O3/c1-31-23-14-12-22(13-15-23)27(20-8-4-2-5-9-20,21-10-6-3-7-11-21)32-18-19-16-25(29)26(30)17-24(19)28/h2-17,30H,18H2,1H3. The zero-order valence-corrected chi connectivity index (χ0v) is 19.0. The molecule has 5 heteroatoms. The summed E-state index contributed by atoms with van der Waals surface area (Å²) in [6.07, 6.45) is 0. The molecule has 0 fully saturated rings. The molecule has 0 aliphatic carbocycles. The van der Waals surface area contributed by atoms with E-state index in [-0.39, 0.29) is 17.4 Å². The number of halogens is 2. The summed E-state index contributed by atoms with van der Waals surface area (Å²) in [6.45, 7) is 0.175. The predicted octanol–water partition coefficient (Wildman–Crippen LogP) is 7.22. The molecule has 0 radical (unpaired) electrons. The Hall–Kier alpha value is -2.98. The van der Waals surface area contributed by atoms with E-state index in [1.165, 1.54) is 6.07 Å². The van der Waals surface area contributed by atoms with Crippen LogP contribution in [0.25, 0.3) is 0 Å². The minimum absolute atomic E-state index is 0.0621. The van der Waals surface area contributed by atoms with Crippen LogP contribution in [0.4, 0.5) is 0 Å². The summed E-state index contributed by atoms with van der Waals surface area (Å²) in [4.78, 5) is 0. The molecule has 4 aromatic carbocycles. The molecule has 0 heterocycles. The minimum Gasteiger partial charge on any atom is -0.506 e. The smallest absolute Gasteiger partial charge is 0.144 e. The van der Waals surface area contributed by atoms with Crippen LogP contribution in [0.5, 0.6) is 11.5 Å². The van der Waals surface area contributed by atoms with Crippen molar-refractivity contribution in [2.24, 2.45) is 0 Å². The number of ether oxygens (including phenoxy) is 2. The fourth-order valence-electron chi connectivity index (χ4n) is 3.80. The first-order valence-corrected chi connectivity index (χ1v) is 10.9. The summed E-state index contributed by atoms with van der Waals surface area (Å²) < 4.78 is 12.1. The molecule has 4 aromatic rings. The van der Waals surface area contributed by atoms with E-state index in [1.807, 2.05) is 84.9 Å². The van der Waals surface area contributed by atoms with Crippen molar-refractivity contribution >= 4 is 23.2 Å². The van der Waals surface area contributed by atoms with Crippen molar-refractivity contribution in [3.05, 3.63) is 129 Å². The van der Waals surface area contributed by atoms with Gasteiger partial charge in [-0.05, 0) is 40.5 Å². The van der Waals surface area contributed by atoms with E-state index in [4.69, 9.17) is 32.7 Å². The fraction of sp³-hybridized carbons (Fsp3) is 0.111. The zero-order chi connectivity index (χ0) is 22.6. The Morgan fingerprint density at radius 1 is 0.719 bits per heavy atom. The van der Waals surface area contributed by atoms with Gasteiger partial charge in [0.15, 0.2) is 0 Å². The normalized spacial score (nSPS) is 11.3. The molecular weight excluding hydrogens is 443 g/mol. The maximum atomic E-state index is 9.87. The second kappa shape index (κ2) is 9.66. The van der Waals surface area contributed by atoms with Crippen LogP contribution in [0.15, 0.2) is 97.1 Å². The van der Waals surface area contributed by atoms with E-state index in [1.54, 1.807) is 13.2 Å². The highest BCUT2D eigenvalue weighted by Gasteiger charge is 2.37. The monoisotopic (exact) mass is 464 g/mol. The quantitative estimate of drug-likeness (QED) is 0.293. The van der Waals surface area contributed by atoms with Crippen LogP contribution in [0, 0.1) is 0 Å². The van der Waals surface area contributed by atoms with Gasteiger partial charge in [0.25, 0.3) is 0 Å². The van der Waals surface area contributed by atoms with Crippen molar-refractivity contribution in [1.82, 2.24) is 0 Å². The topological polar surface area (TPSA) is 38.7 Å². The van der Waals surface area contributed by atoms with Gasteiger partial charge in [0, 0.05) is 11.1 Å². The van der Waals surface area contributed by atoms with Crippen molar-refractivity contribution in [3.8, 4) is 11.5 Å². The van der Waals surface area contributed by atoms with Gasteiger partial charge in [-0.1, -0.05) is 96.0 Å². The Morgan fingerprint density at radius 2 is 1.25 bits per heavy atom. The molecule has 3 nitrogen and oxygen atoms in total. The molecule has 0 bridgehead atoms. The van der Waals surface area contributed by atoms with E-state index in [0.717, 1.165) is 22.4 Å². The Balaban J connectivity index is 1.89. The van der Waals surface area contributed by atoms with Gasteiger partial charge in [0.05, 0.1) is 18.7 Å². The second-order valence-corrected chi connectivity index (χ2v) is 8.14. The van der Waals surface area contributed by atoms with Gasteiger partial charge in [-0.15, -0.1) is 0 Å². The lowest BCUT2D eigenvalue weighted by atomic mass is 9.80. The van der Waals surface area contributed by atoms with Crippen molar-refractivity contribution in [2.75, 3.05) is 7.11 Å². The molecule has 0 aromatic heterocycles. The Labute approximate surface area is 197 Å². The number of methoxy groups -OCH3 is 1. The maximum absolute atomic E-state index is 9.87. The van der Waals surface area contributed by atoms with Gasteiger partial charge < -0.3 is 14.6 Å². The van der Waals surface area contributed by atoms with Crippen LogP contribution in [0.3, 0.4) is 0 Å². The van der Waals surface area contributed by atoms with Crippen LogP contribution in [0.1, 0.15) is 22.3 Å². The van der Waals surface area contributed by atoms with Crippen molar-refractivity contribution in [3.63, 3.8) is 0 Å². The van der Waals surface area contributed by atoms with Crippen LogP contribution in [-0.4, -0.2) is 12.2 Å². The highest BCUT2D eigenvalue weighted by Crippen LogP contribution is 2.42. The lowest BCUT2D eigenvalue weighted by molar-refractivity contribution is 0.000250. The number of benzene rings is 4. The largest absolute Gasteiger partial charge is 0.506 e. The zero-order valence-electron chi connectivity index (χ0n) is 17.5. The van der Waals surface area contributed by atoms with Gasteiger partial charge in [0.2, 0.25) is 0 Å². The molecule has 0 aliphatic rings. The summed E-state index contributed by atoms with van der Waals surface area (Å²) in [7, 11) is 1.64. The highest BCUT2D eigenvalue weighted by atomic mass is 35.5. The van der Waals surface area contributed by atoms with E-state index in [9.17, 15) is 5.11 Å². The van der Waals surface area contributed by atoms with Crippen molar-refractivity contribution in [2.45, 2.75) is 12.2 Å². The molecule has 32 heavy (non-hydrogen) atoms. The second-order valence-electron chi connectivity index (χ2n) is 7.33. The van der Waals surface area contributed by atoms with Crippen LogP contribution in [-0.2, 0) is 16.9 Å². The first-order valence-electron chi connectivity index (χ1n) is 10.1. The molecule has 162 valence electrons. The third-order valence-corrected chi connectivity index (χ3v) is 6.07. The Kier molecular flexibility index (Phi) is 6.71. The average molecular weight is 465 g/mol. The molecule has 0 aliphatic heterocycles. The summed E-state index contributed by atoms with van der Waals surface area (Å²) in [5, 5.41) is 10.5. The third-order valence-electron chi connectivity index (χ3n) is 5.42. The SMILES string of the molecule is COc1ccc(C(OCc2cc(Cl)c(O)cc2Cl)(c2ccccc2)c2ccccc2)cc1. The molecule has 0 amide bonds. The van der Waals surface area contributed by atoms with Gasteiger partial charge in [-0.25, -0.2) is 0 Å². The lowest BCUT2D eigenvalue weighted by Crippen LogP contribution is -2.32. The van der Waals surface area contributed by atoms with E-state index in [0.29, 0.717) is 10.6 Å². The first-order chi connectivity index (χ1) is 15.5. The first kappa shape index (κ1) is 22.2. The fourth-order valence-corrected chi connectivity index (χ4v) is 4.19. The van der Waals surface area contributed by atoms with Crippen LogP contribution >= 0.6 is 23.2 Å². The summed E-state index contributed by atoms with van der Waals surface area (Å²) >= 11 is 12.5. The highest BCUT2D eigenvalue weighted by molar-refractivity contribution is 6.34. The average Bonchev–Trinajstić information content (AvgIpc) is 2.84. The van der Waals surface area contributed by atoms with E-state index < -0.39 is 5.60 Å². The maximum Gasteiger partial charge on any atom is 0.144 e. The minimum atomic E-state index is -0.914. The molecular formula is C27H22Cl2O3. The molecule has 1 N–H and O–H groups in total. The predicted molar refractivity (Wildman–Crippen MR) is 129 cm³/mol. The number of hydrogen-bond donors (Lipinski definition) is 1. The van der Waals surface area contributed by atoms with E-state index >= 15 is 0 Å². The number of rotatable bonds is 7.